The molecule has 3 rings (SSSR count). The second-order valence-electron chi connectivity index (χ2n) is 6.09. The van der Waals surface area contributed by atoms with Crippen LogP contribution in [0.25, 0.3) is 10.2 Å². The van der Waals surface area contributed by atoms with E-state index in [1.165, 1.54) is 34.2 Å². The number of thiophene rings is 1. The van der Waals surface area contributed by atoms with Crippen LogP contribution in [-0.4, -0.2) is 17.6 Å². The minimum absolute atomic E-state index is 0.284. The van der Waals surface area contributed by atoms with Crippen LogP contribution in [0.4, 0.5) is 0 Å². The van der Waals surface area contributed by atoms with Crippen LogP contribution < -0.4 is 0 Å². The fourth-order valence-corrected chi connectivity index (χ4v) is 4.19. The molecule has 23 heavy (non-hydrogen) atoms. The molecule has 3 aromatic rings. The van der Waals surface area contributed by atoms with E-state index in [4.69, 9.17) is 4.74 Å². The molecule has 0 N–H and O–H groups in total. The molecule has 3 nitrogen and oxygen atoms in total. The van der Waals surface area contributed by atoms with Gasteiger partial charge in [-0.1, -0.05) is 17.7 Å². The molecule has 0 bridgehead atoms. The molecular formula is C19H21NO2S. The van der Waals surface area contributed by atoms with Crippen molar-refractivity contribution in [2.45, 2.75) is 34.2 Å². The third-order valence-electron chi connectivity index (χ3n) is 4.26. The number of carbonyl (C=O) groups is 1. The average Bonchev–Trinajstić information content (AvgIpc) is 2.98. The minimum Gasteiger partial charge on any atom is -0.464 e. The van der Waals surface area contributed by atoms with E-state index in [1.807, 2.05) is 6.07 Å². The van der Waals surface area contributed by atoms with E-state index in [2.05, 4.69) is 50.5 Å². The van der Waals surface area contributed by atoms with E-state index in [1.54, 1.807) is 11.3 Å². The van der Waals surface area contributed by atoms with Crippen LogP contribution in [0.15, 0.2) is 24.3 Å². The zero-order valence-corrected chi connectivity index (χ0v) is 15.0. The van der Waals surface area contributed by atoms with Crippen molar-refractivity contribution in [1.29, 1.82) is 0 Å². The Morgan fingerprint density at radius 2 is 1.74 bits per heavy atom. The highest BCUT2D eigenvalue weighted by Gasteiger charge is 2.19. The van der Waals surface area contributed by atoms with Gasteiger partial charge >= 0.3 is 5.97 Å². The molecule has 0 aliphatic heterocycles. The highest BCUT2D eigenvalue weighted by atomic mass is 32.1. The van der Waals surface area contributed by atoms with Gasteiger partial charge in [-0.25, -0.2) is 4.79 Å². The lowest BCUT2D eigenvalue weighted by Gasteiger charge is -2.15. The number of esters is 1. The molecule has 0 unspecified atom stereocenters. The van der Waals surface area contributed by atoms with E-state index in [0.717, 1.165) is 10.2 Å². The Labute approximate surface area is 140 Å². The summed E-state index contributed by atoms with van der Waals surface area (Å²) in [4.78, 5) is 13.4. The number of rotatable bonds is 3. The lowest BCUT2D eigenvalue weighted by molar-refractivity contribution is 0.0589. The summed E-state index contributed by atoms with van der Waals surface area (Å²) in [6.45, 7) is 9.15. The molecule has 0 fully saturated rings. The summed E-state index contributed by atoms with van der Waals surface area (Å²) >= 11 is 1.71. The molecule has 0 spiro atoms. The average molecular weight is 327 g/mol. The van der Waals surface area contributed by atoms with Crippen molar-refractivity contribution in [3.05, 3.63) is 57.1 Å². The number of fused-ring (bicyclic) bond motifs is 1. The fourth-order valence-electron chi connectivity index (χ4n) is 3.23. The number of aryl methyl sites for hydroxylation is 4. The van der Waals surface area contributed by atoms with E-state index < -0.39 is 0 Å². The van der Waals surface area contributed by atoms with Crippen LogP contribution in [0, 0.1) is 27.7 Å². The maximum Gasteiger partial charge on any atom is 0.354 e. The number of ether oxygens (including phenoxy) is 1. The van der Waals surface area contributed by atoms with Gasteiger partial charge in [0.25, 0.3) is 0 Å². The van der Waals surface area contributed by atoms with Gasteiger partial charge in [-0.05, 0) is 56.5 Å². The first-order valence-corrected chi connectivity index (χ1v) is 8.47. The van der Waals surface area contributed by atoms with Crippen LogP contribution in [0.5, 0.6) is 0 Å². The third kappa shape index (κ3) is 2.79. The van der Waals surface area contributed by atoms with Gasteiger partial charge in [-0.3, -0.25) is 0 Å². The smallest absolute Gasteiger partial charge is 0.354 e. The van der Waals surface area contributed by atoms with E-state index in [0.29, 0.717) is 12.2 Å². The van der Waals surface area contributed by atoms with E-state index in [-0.39, 0.29) is 5.97 Å². The van der Waals surface area contributed by atoms with Gasteiger partial charge in [-0.2, -0.15) is 0 Å². The van der Waals surface area contributed by atoms with Gasteiger partial charge in [0, 0.05) is 11.4 Å². The highest BCUT2D eigenvalue weighted by Crippen LogP contribution is 2.30. The topological polar surface area (TPSA) is 31.2 Å². The normalized spacial score (nSPS) is 11.2. The van der Waals surface area contributed by atoms with Crippen LogP contribution in [0.1, 0.15) is 37.6 Å². The molecule has 0 aliphatic carbocycles. The SMILES string of the molecule is COC(=O)c1cc2sc(C)cc2n1Cc1c(C)cc(C)cc1C. The Morgan fingerprint density at radius 1 is 1.09 bits per heavy atom. The number of benzene rings is 1. The van der Waals surface area contributed by atoms with Gasteiger partial charge in [0.05, 0.1) is 17.3 Å². The molecule has 2 heterocycles. The van der Waals surface area contributed by atoms with Gasteiger partial charge in [-0.15, -0.1) is 11.3 Å². The second kappa shape index (κ2) is 5.85. The summed E-state index contributed by atoms with van der Waals surface area (Å²) < 4.78 is 8.18. The molecule has 0 amide bonds. The standard InChI is InChI=1S/C19H21NO2S/c1-11-6-12(2)15(13(3)7-11)10-20-16-8-14(4)23-18(16)9-17(20)19(21)22-5/h6-9H,10H2,1-5H3. The Hall–Kier alpha value is -2.07. The number of carbonyl (C=O) groups excluding carboxylic acids is 1. The molecule has 120 valence electrons. The molecule has 0 aliphatic rings. The molecule has 0 radical (unpaired) electrons. The zero-order valence-electron chi connectivity index (χ0n) is 14.2. The Morgan fingerprint density at radius 3 is 2.35 bits per heavy atom. The number of methoxy groups -OCH3 is 1. The van der Waals surface area contributed by atoms with Crippen molar-refractivity contribution >= 4 is 27.5 Å². The van der Waals surface area contributed by atoms with Crippen molar-refractivity contribution < 1.29 is 9.53 Å². The molecular weight excluding hydrogens is 306 g/mol. The van der Waals surface area contributed by atoms with Gasteiger partial charge in [0.1, 0.15) is 5.69 Å². The van der Waals surface area contributed by atoms with Gasteiger partial charge < -0.3 is 9.30 Å². The van der Waals surface area contributed by atoms with Gasteiger partial charge in [0.2, 0.25) is 0 Å². The summed E-state index contributed by atoms with van der Waals surface area (Å²) in [5.74, 6) is -0.284. The first-order chi connectivity index (χ1) is 10.9. The molecule has 0 saturated heterocycles. The molecule has 0 saturated carbocycles. The minimum atomic E-state index is -0.284. The third-order valence-corrected chi connectivity index (χ3v) is 5.25. The van der Waals surface area contributed by atoms with E-state index in [9.17, 15) is 4.79 Å². The van der Waals surface area contributed by atoms with Crippen LogP contribution in [0.3, 0.4) is 0 Å². The van der Waals surface area contributed by atoms with Crippen molar-refractivity contribution in [2.24, 2.45) is 0 Å². The van der Waals surface area contributed by atoms with Gasteiger partial charge in [0.15, 0.2) is 0 Å². The Balaban J connectivity index is 2.17. The summed E-state index contributed by atoms with van der Waals surface area (Å²) in [5.41, 5.74) is 6.77. The summed E-state index contributed by atoms with van der Waals surface area (Å²) in [6, 6.07) is 8.47. The van der Waals surface area contributed by atoms with E-state index >= 15 is 0 Å². The number of nitrogens with zero attached hydrogens (tertiary/aromatic N) is 1. The maximum atomic E-state index is 12.2. The molecule has 0 atom stereocenters. The molecule has 1 aromatic carbocycles. The highest BCUT2D eigenvalue weighted by molar-refractivity contribution is 7.19. The molecule has 4 heteroatoms. The first kappa shape index (κ1) is 15.8. The zero-order chi connectivity index (χ0) is 16.7. The lowest BCUT2D eigenvalue weighted by atomic mass is 10.00. The van der Waals surface area contributed by atoms with Crippen molar-refractivity contribution in [3.8, 4) is 0 Å². The predicted octanol–water partition coefficient (Wildman–Crippen LogP) is 4.77. The van der Waals surface area contributed by atoms with Crippen molar-refractivity contribution in [3.63, 3.8) is 0 Å². The number of hydrogen-bond donors (Lipinski definition) is 0. The Bertz CT molecular complexity index is 879. The fraction of sp³-hybridized carbons (Fsp3) is 0.316. The van der Waals surface area contributed by atoms with Crippen molar-refractivity contribution in [2.75, 3.05) is 7.11 Å². The summed E-state index contributed by atoms with van der Waals surface area (Å²) in [7, 11) is 1.43. The predicted molar refractivity (Wildman–Crippen MR) is 95.6 cm³/mol. The summed E-state index contributed by atoms with van der Waals surface area (Å²) in [5, 5.41) is 0. The van der Waals surface area contributed by atoms with Crippen molar-refractivity contribution in [1.82, 2.24) is 4.57 Å². The quantitative estimate of drug-likeness (QED) is 0.649. The first-order valence-electron chi connectivity index (χ1n) is 7.65. The summed E-state index contributed by atoms with van der Waals surface area (Å²) in [6.07, 6.45) is 0. The van der Waals surface area contributed by atoms with Crippen LogP contribution in [0.2, 0.25) is 0 Å². The van der Waals surface area contributed by atoms with Crippen LogP contribution in [-0.2, 0) is 11.3 Å². The second-order valence-corrected chi connectivity index (χ2v) is 7.38. The monoisotopic (exact) mass is 327 g/mol. The molecule has 2 aromatic heterocycles. The number of aromatic nitrogens is 1. The maximum absolute atomic E-state index is 12.2. The largest absolute Gasteiger partial charge is 0.464 e. The lowest BCUT2D eigenvalue weighted by Crippen LogP contribution is -2.12. The number of hydrogen-bond acceptors (Lipinski definition) is 3. The Kier molecular flexibility index (Phi) is 4.02. The van der Waals surface area contributed by atoms with Crippen LogP contribution >= 0.6 is 11.3 Å².